The fraction of sp³-hybridized carbons (Fsp3) is 0.111. The predicted octanol–water partition coefficient (Wildman–Crippen LogP) is 4.56. The van der Waals surface area contributed by atoms with Gasteiger partial charge in [-0.2, -0.15) is 0 Å². The maximum absolute atomic E-state index is 12.8. The van der Waals surface area contributed by atoms with E-state index in [1.54, 1.807) is 23.6 Å². The first kappa shape index (κ1) is 15.2. The normalized spacial score (nSPS) is 16.3. The zero-order chi connectivity index (χ0) is 16.5. The van der Waals surface area contributed by atoms with E-state index in [0.717, 1.165) is 16.3 Å². The second-order valence-electron chi connectivity index (χ2n) is 5.50. The molecule has 0 radical (unpaired) electrons. The van der Waals surface area contributed by atoms with E-state index in [4.69, 9.17) is 11.6 Å². The first-order valence-corrected chi connectivity index (χ1v) is 8.78. The van der Waals surface area contributed by atoms with E-state index in [2.05, 4.69) is 10.3 Å². The van der Waals surface area contributed by atoms with Gasteiger partial charge in [0.2, 0.25) is 0 Å². The second-order valence-corrected chi connectivity index (χ2v) is 6.97. The molecule has 0 saturated carbocycles. The lowest BCUT2D eigenvalue weighted by atomic mass is 10.2. The molecule has 24 heavy (non-hydrogen) atoms. The lowest BCUT2D eigenvalue weighted by Crippen LogP contribution is -2.31. The average Bonchev–Trinajstić information content (AvgIpc) is 3.20. The summed E-state index contributed by atoms with van der Waals surface area (Å²) < 4.78 is 0. The minimum atomic E-state index is -0.294. The Kier molecular flexibility index (Phi) is 3.96. The fourth-order valence-corrected chi connectivity index (χ4v) is 3.65. The Hall–Kier alpha value is -2.37. The van der Waals surface area contributed by atoms with Crippen LogP contribution >= 0.6 is 22.9 Å². The summed E-state index contributed by atoms with van der Waals surface area (Å²) in [5, 5.41) is 6.10. The predicted molar refractivity (Wildman–Crippen MR) is 96.2 cm³/mol. The van der Waals surface area contributed by atoms with E-state index in [-0.39, 0.29) is 12.1 Å². The van der Waals surface area contributed by atoms with Crippen LogP contribution < -0.4 is 5.32 Å². The average molecular weight is 356 g/mol. The van der Waals surface area contributed by atoms with Crippen molar-refractivity contribution in [2.75, 3.05) is 5.32 Å². The molecule has 1 aliphatic heterocycles. The van der Waals surface area contributed by atoms with E-state index >= 15 is 0 Å². The summed E-state index contributed by atoms with van der Waals surface area (Å²) in [6.45, 7) is 0.554. The summed E-state index contributed by atoms with van der Waals surface area (Å²) in [6.07, 6.45) is 1.43. The van der Waals surface area contributed by atoms with E-state index in [1.807, 2.05) is 52.7 Å². The number of hydrogen-bond acceptors (Lipinski definition) is 4. The summed E-state index contributed by atoms with van der Waals surface area (Å²) in [7, 11) is 0. The van der Waals surface area contributed by atoms with Gasteiger partial charge in [0, 0.05) is 21.8 Å². The fourth-order valence-electron chi connectivity index (χ4n) is 2.82. The number of nitrogens with zero attached hydrogens (tertiary/aromatic N) is 2. The lowest BCUT2D eigenvalue weighted by molar-refractivity contribution is 0.0729. The van der Waals surface area contributed by atoms with Crippen molar-refractivity contribution in [3.63, 3.8) is 0 Å². The van der Waals surface area contributed by atoms with Crippen LogP contribution in [0.1, 0.15) is 27.1 Å². The van der Waals surface area contributed by atoms with Gasteiger partial charge in [0.05, 0.1) is 17.8 Å². The van der Waals surface area contributed by atoms with Gasteiger partial charge >= 0.3 is 0 Å². The molecule has 0 aliphatic carbocycles. The second kappa shape index (κ2) is 6.26. The number of carbonyl (C=O) groups excluding carboxylic acids is 1. The maximum atomic E-state index is 12.8. The van der Waals surface area contributed by atoms with Crippen molar-refractivity contribution in [1.29, 1.82) is 0 Å². The van der Waals surface area contributed by atoms with Crippen molar-refractivity contribution >= 4 is 34.5 Å². The molecule has 0 bridgehead atoms. The van der Waals surface area contributed by atoms with Gasteiger partial charge in [0.1, 0.15) is 6.17 Å². The van der Waals surface area contributed by atoms with Gasteiger partial charge in [0.15, 0.2) is 0 Å². The number of halogens is 1. The molecule has 0 fully saturated rings. The molecule has 4 rings (SSSR count). The van der Waals surface area contributed by atoms with Crippen LogP contribution in [0.5, 0.6) is 0 Å². The van der Waals surface area contributed by atoms with Crippen molar-refractivity contribution in [1.82, 2.24) is 9.88 Å². The van der Waals surface area contributed by atoms with Crippen LogP contribution in [0.4, 0.5) is 5.69 Å². The number of aromatic nitrogens is 1. The summed E-state index contributed by atoms with van der Waals surface area (Å²) in [5.41, 5.74) is 2.31. The number of pyridine rings is 1. The first-order valence-electron chi connectivity index (χ1n) is 7.53. The van der Waals surface area contributed by atoms with Crippen LogP contribution in [0, 0.1) is 0 Å². The molecule has 6 heteroatoms. The summed E-state index contributed by atoms with van der Waals surface area (Å²) in [5.74, 6) is -0.00189. The quantitative estimate of drug-likeness (QED) is 0.746. The van der Waals surface area contributed by atoms with Crippen LogP contribution in [0.15, 0.2) is 60.1 Å². The van der Waals surface area contributed by atoms with E-state index in [9.17, 15) is 4.79 Å². The Morgan fingerprint density at radius 1 is 1.17 bits per heavy atom. The topological polar surface area (TPSA) is 45.2 Å². The summed E-state index contributed by atoms with van der Waals surface area (Å²) >= 11 is 7.59. The Labute approximate surface area is 148 Å². The molecule has 0 unspecified atom stereocenters. The number of anilines is 1. The highest BCUT2D eigenvalue weighted by atomic mass is 35.5. The van der Waals surface area contributed by atoms with E-state index in [1.165, 1.54) is 0 Å². The molecule has 0 saturated heterocycles. The molecule has 1 amide bonds. The highest BCUT2D eigenvalue weighted by molar-refractivity contribution is 7.09. The number of amides is 1. The molecular formula is C18H14ClN3OS. The lowest BCUT2D eigenvalue weighted by Gasteiger charge is -2.26. The minimum Gasteiger partial charge on any atom is -0.360 e. The Balaban J connectivity index is 1.68. The zero-order valence-electron chi connectivity index (χ0n) is 12.6. The van der Waals surface area contributed by atoms with Crippen molar-refractivity contribution < 1.29 is 4.79 Å². The van der Waals surface area contributed by atoms with Gasteiger partial charge in [-0.05, 0) is 47.8 Å². The summed E-state index contributed by atoms with van der Waals surface area (Å²) in [6, 6.07) is 15.1. The molecule has 0 spiro atoms. The summed E-state index contributed by atoms with van der Waals surface area (Å²) in [4.78, 5) is 20.2. The van der Waals surface area contributed by atoms with Crippen LogP contribution in [0.3, 0.4) is 0 Å². The maximum Gasteiger partial charge on any atom is 0.258 e. The largest absolute Gasteiger partial charge is 0.360 e. The Morgan fingerprint density at radius 3 is 2.75 bits per heavy atom. The van der Waals surface area contributed by atoms with Crippen molar-refractivity contribution in [2.45, 2.75) is 12.7 Å². The molecule has 1 aliphatic rings. The third-order valence-corrected chi connectivity index (χ3v) is 5.07. The number of nitrogens with one attached hydrogen (secondary N) is 1. The number of rotatable bonds is 4. The number of benzene rings is 1. The molecule has 3 aromatic rings. The molecule has 1 aromatic carbocycles. The van der Waals surface area contributed by atoms with Gasteiger partial charge in [-0.15, -0.1) is 11.3 Å². The highest BCUT2D eigenvalue weighted by Crippen LogP contribution is 2.34. The smallest absolute Gasteiger partial charge is 0.258 e. The molecule has 4 nitrogen and oxygen atoms in total. The molecule has 1 atom stereocenters. The van der Waals surface area contributed by atoms with Crippen molar-refractivity contribution in [3.05, 3.63) is 81.3 Å². The van der Waals surface area contributed by atoms with Gasteiger partial charge in [-0.25, -0.2) is 0 Å². The van der Waals surface area contributed by atoms with Gasteiger partial charge < -0.3 is 10.2 Å². The first-order chi connectivity index (χ1) is 11.7. The van der Waals surface area contributed by atoms with Crippen LogP contribution in [0.2, 0.25) is 5.02 Å². The van der Waals surface area contributed by atoms with Gasteiger partial charge in [0.25, 0.3) is 5.91 Å². The van der Waals surface area contributed by atoms with Crippen LogP contribution in [-0.4, -0.2) is 15.8 Å². The van der Waals surface area contributed by atoms with E-state index in [0.29, 0.717) is 17.1 Å². The molecule has 120 valence electrons. The number of carbonyl (C=O) groups is 1. The van der Waals surface area contributed by atoms with Gasteiger partial charge in [-0.1, -0.05) is 17.7 Å². The SMILES string of the molecule is O=C1c2cccnc2[C@@H](Nc2ccc(Cl)cc2)N1Cc1cccs1. The van der Waals surface area contributed by atoms with Crippen LogP contribution in [0.25, 0.3) is 0 Å². The third kappa shape index (κ3) is 2.77. The molecule has 1 N–H and O–H groups in total. The van der Waals surface area contributed by atoms with E-state index < -0.39 is 0 Å². The molecule has 3 heterocycles. The van der Waals surface area contributed by atoms with Crippen LogP contribution in [-0.2, 0) is 6.54 Å². The molecular weight excluding hydrogens is 342 g/mol. The minimum absolute atomic E-state index is 0.00189. The van der Waals surface area contributed by atoms with Crippen molar-refractivity contribution in [3.8, 4) is 0 Å². The van der Waals surface area contributed by atoms with Crippen molar-refractivity contribution in [2.24, 2.45) is 0 Å². The zero-order valence-corrected chi connectivity index (χ0v) is 14.2. The number of thiophene rings is 1. The standard InChI is InChI=1S/C18H14ClN3OS/c19-12-5-7-13(8-6-12)21-17-16-15(4-1-9-20-16)18(23)22(17)11-14-3-2-10-24-14/h1-10,17,21H,11H2/t17-/m0/s1. The highest BCUT2D eigenvalue weighted by Gasteiger charge is 2.37. The molecule has 2 aromatic heterocycles. The Bertz CT molecular complexity index is 864. The third-order valence-electron chi connectivity index (χ3n) is 3.95. The number of hydrogen-bond donors (Lipinski definition) is 1. The number of fused-ring (bicyclic) bond motifs is 1. The van der Waals surface area contributed by atoms with Gasteiger partial charge in [-0.3, -0.25) is 9.78 Å². The Morgan fingerprint density at radius 2 is 2.00 bits per heavy atom. The monoisotopic (exact) mass is 355 g/mol.